The molecule has 0 saturated carbocycles. The Balaban J connectivity index is 3.37. The Kier molecular flexibility index (Phi) is 6.06. The van der Waals surface area contributed by atoms with E-state index in [0.717, 1.165) is 18.6 Å². The van der Waals surface area contributed by atoms with Gasteiger partial charge in [0.05, 0.1) is 0 Å². The van der Waals surface area contributed by atoms with Crippen molar-refractivity contribution in [3.05, 3.63) is 29.3 Å². The predicted molar refractivity (Wildman–Crippen MR) is 93.4 cm³/mol. The van der Waals surface area contributed by atoms with Gasteiger partial charge in [0.15, 0.2) is 6.10 Å². The molecule has 1 aromatic carbocycles. The van der Waals surface area contributed by atoms with Crippen molar-refractivity contribution in [3.63, 3.8) is 0 Å². The second-order valence-electron chi connectivity index (χ2n) is 7.33. The first-order valence-electron chi connectivity index (χ1n) is 8.43. The molecular formula is C20H31NO. The Morgan fingerprint density at radius 3 is 2.09 bits per heavy atom. The van der Waals surface area contributed by atoms with Crippen LogP contribution in [0, 0.1) is 11.3 Å². The van der Waals surface area contributed by atoms with Crippen LogP contribution in [0.15, 0.2) is 18.2 Å². The van der Waals surface area contributed by atoms with Crippen LogP contribution in [0.3, 0.4) is 0 Å². The molecular weight excluding hydrogens is 270 g/mol. The summed E-state index contributed by atoms with van der Waals surface area (Å²) in [5.74, 6) is 0.857. The van der Waals surface area contributed by atoms with Gasteiger partial charge in [-0.25, -0.2) is 0 Å². The van der Waals surface area contributed by atoms with Crippen molar-refractivity contribution in [3.8, 4) is 11.8 Å². The van der Waals surface area contributed by atoms with Crippen molar-refractivity contribution < 1.29 is 4.74 Å². The maximum Gasteiger partial charge on any atom is 0.184 e. The summed E-state index contributed by atoms with van der Waals surface area (Å²) in [6.45, 7) is 15.4. The van der Waals surface area contributed by atoms with Crippen LogP contribution in [0.25, 0.3) is 0 Å². The molecule has 122 valence electrons. The van der Waals surface area contributed by atoms with E-state index in [0.29, 0.717) is 6.42 Å². The molecule has 0 radical (unpaired) electrons. The highest BCUT2D eigenvalue weighted by atomic mass is 16.5. The van der Waals surface area contributed by atoms with Gasteiger partial charge in [-0.3, -0.25) is 0 Å². The van der Waals surface area contributed by atoms with E-state index in [9.17, 15) is 5.26 Å². The first-order valence-corrected chi connectivity index (χ1v) is 8.43. The van der Waals surface area contributed by atoms with Crippen molar-refractivity contribution in [2.24, 2.45) is 0 Å². The van der Waals surface area contributed by atoms with Crippen molar-refractivity contribution >= 4 is 0 Å². The van der Waals surface area contributed by atoms with Crippen LogP contribution in [-0.2, 0) is 10.8 Å². The van der Waals surface area contributed by atoms with Gasteiger partial charge in [0.1, 0.15) is 11.8 Å². The molecule has 0 saturated heterocycles. The summed E-state index contributed by atoms with van der Waals surface area (Å²) < 4.78 is 5.97. The van der Waals surface area contributed by atoms with Gasteiger partial charge < -0.3 is 4.74 Å². The first-order chi connectivity index (χ1) is 10.2. The van der Waals surface area contributed by atoms with Gasteiger partial charge in [-0.1, -0.05) is 60.6 Å². The Hall–Kier alpha value is -1.49. The molecule has 0 fully saturated rings. The zero-order valence-electron chi connectivity index (χ0n) is 15.3. The lowest BCUT2D eigenvalue weighted by molar-refractivity contribution is 0.244. The molecule has 2 heteroatoms. The first kappa shape index (κ1) is 18.6. The smallest absolute Gasteiger partial charge is 0.184 e. The van der Waals surface area contributed by atoms with Crippen molar-refractivity contribution in [2.75, 3.05) is 0 Å². The van der Waals surface area contributed by atoms with Gasteiger partial charge in [-0.2, -0.15) is 5.26 Å². The van der Waals surface area contributed by atoms with Crippen LogP contribution in [-0.4, -0.2) is 6.10 Å². The highest BCUT2D eigenvalue weighted by Gasteiger charge is 2.27. The minimum atomic E-state index is -0.378. The number of rotatable bonds is 7. The van der Waals surface area contributed by atoms with Crippen molar-refractivity contribution in [2.45, 2.75) is 84.7 Å². The minimum absolute atomic E-state index is 0.0307. The monoisotopic (exact) mass is 301 g/mol. The fraction of sp³-hybridized carbons (Fsp3) is 0.650. The molecule has 1 aromatic rings. The second kappa shape index (κ2) is 7.18. The van der Waals surface area contributed by atoms with Crippen LogP contribution in [0.4, 0.5) is 0 Å². The third-order valence-corrected chi connectivity index (χ3v) is 5.04. The zero-order chi connectivity index (χ0) is 17.0. The highest BCUT2D eigenvalue weighted by Crippen LogP contribution is 2.38. The average molecular weight is 301 g/mol. The summed E-state index contributed by atoms with van der Waals surface area (Å²) in [6.07, 6.45) is 2.44. The zero-order valence-corrected chi connectivity index (χ0v) is 15.3. The number of nitrogens with zero attached hydrogens (tertiary/aromatic N) is 1. The second-order valence-corrected chi connectivity index (χ2v) is 7.33. The van der Waals surface area contributed by atoms with Crippen molar-refractivity contribution in [1.82, 2.24) is 0 Å². The molecule has 0 aliphatic carbocycles. The lowest BCUT2D eigenvalue weighted by Crippen LogP contribution is -2.23. The fourth-order valence-electron chi connectivity index (χ4n) is 2.33. The fourth-order valence-corrected chi connectivity index (χ4v) is 2.33. The maximum atomic E-state index is 9.19. The predicted octanol–water partition coefficient (Wildman–Crippen LogP) is 5.74. The third kappa shape index (κ3) is 4.03. The van der Waals surface area contributed by atoms with E-state index < -0.39 is 0 Å². The van der Waals surface area contributed by atoms with Gasteiger partial charge in [-0.15, -0.1) is 0 Å². The molecule has 0 bridgehead atoms. The molecule has 1 atom stereocenters. The quantitative estimate of drug-likeness (QED) is 0.643. The molecule has 22 heavy (non-hydrogen) atoms. The van der Waals surface area contributed by atoms with Gasteiger partial charge in [0.25, 0.3) is 0 Å². The Bertz CT molecular complexity index is 537. The Morgan fingerprint density at radius 1 is 1.05 bits per heavy atom. The lowest BCUT2D eigenvalue weighted by Gasteiger charge is -2.31. The van der Waals surface area contributed by atoms with Gasteiger partial charge >= 0.3 is 0 Å². The normalized spacial score (nSPS) is 13.5. The average Bonchev–Trinajstić information content (AvgIpc) is 2.52. The molecule has 1 rings (SSSR count). The molecule has 0 N–H and O–H groups in total. The molecule has 0 aliphatic rings. The number of nitriles is 1. The van der Waals surface area contributed by atoms with E-state index >= 15 is 0 Å². The number of hydrogen-bond acceptors (Lipinski definition) is 2. The van der Waals surface area contributed by atoms with Crippen LogP contribution < -0.4 is 4.74 Å². The van der Waals surface area contributed by atoms with Gasteiger partial charge in [0, 0.05) is 5.56 Å². The van der Waals surface area contributed by atoms with E-state index in [2.05, 4.69) is 65.8 Å². The topological polar surface area (TPSA) is 33.0 Å². The van der Waals surface area contributed by atoms with E-state index in [1.807, 2.05) is 6.92 Å². The molecule has 0 aliphatic heterocycles. The Morgan fingerprint density at radius 2 is 1.64 bits per heavy atom. The van der Waals surface area contributed by atoms with Crippen LogP contribution in [0.5, 0.6) is 5.75 Å². The molecule has 1 unspecified atom stereocenters. The molecule has 0 heterocycles. The van der Waals surface area contributed by atoms with Gasteiger partial charge in [-0.05, 0) is 41.7 Å². The van der Waals surface area contributed by atoms with E-state index in [4.69, 9.17) is 4.74 Å². The summed E-state index contributed by atoms with van der Waals surface area (Å²) in [7, 11) is 0. The summed E-state index contributed by atoms with van der Waals surface area (Å²) in [4.78, 5) is 0. The Labute approximate surface area is 136 Å². The third-order valence-electron chi connectivity index (χ3n) is 5.04. The summed E-state index contributed by atoms with van der Waals surface area (Å²) in [5.41, 5.74) is 2.73. The standard InChI is InChI=1S/C20H31NO/c1-8-16(14-21)22-18-12-11-15(19(4,5)9-2)13-17(18)20(6,7)10-3/h11-13,16H,8-10H2,1-7H3. The molecule has 0 amide bonds. The van der Waals surface area contributed by atoms with Gasteiger partial charge in [0.2, 0.25) is 0 Å². The van der Waals surface area contributed by atoms with Crippen molar-refractivity contribution in [1.29, 1.82) is 5.26 Å². The molecule has 0 spiro atoms. The van der Waals surface area contributed by atoms with E-state index in [-0.39, 0.29) is 16.9 Å². The summed E-state index contributed by atoms with van der Waals surface area (Å²) >= 11 is 0. The van der Waals surface area contributed by atoms with E-state index in [1.54, 1.807) is 0 Å². The van der Waals surface area contributed by atoms with Crippen LogP contribution in [0.1, 0.15) is 78.9 Å². The van der Waals surface area contributed by atoms with Crippen LogP contribution >= 0.6 is 0 Å². The number of hydrogen-bond donors (Lipinski definition) is 0. The van der Waals surface area contributed by atoms with Crippen LogP contribution in [0.2, 0.25) is 0 Å². The molecule has 2 nitrogen and oxygen atoms in total. The summed E-state index contributed by atoms with van der Waals surface area (Å²) in [6, 6.07) is 8.72. The number of benzene rings is 1. The SMILES string of the molecule is CCC(C#N)Oc1ccc(C(C)(C)CC)cc1C(C)(C)CC. The molecule has 0 aromatic heterocycles. The minimum Gasteiger partial charge on any atom is -0.475 e. The highest BCUT2D eigenvalue weighted by molar-refractivity contribution is 5.44. The maximum absolute atomic E-state index is 9.19. The lowest BCUT2D eigenvalue weighted by atomic mass is 9.76. The largest absolute Gasteiger partial charge is 0.475 e. The number of ether oxygens (including phenoxy) is 1. The summed E-state index contributed by atoms with van der Waals surface area (Å²) in [5, 5.41) is 9.19. The van der Waals surface area contributed by atoms with E-state index in [1.165, 1.54) is 11.1 Å².